The van der Waals surface area contributed by atoms with Crippen LogP contribution in [0, 0.1) is 17.7 Å². The van der Waals surface area contributed by atoms with Crippen LogP contribution >= 0.6 is 11.6 Å². The van der Waals surface area contributed by atoms with E-state index in [1.165, 1.54) is 25.3 Å². The normalized spacial score (nSPS) is 16.1. The average Bonchev–Trinajstić information content (AvgIpc) is 2.38. The third kappa shape index (κ3) is 3.88. The van der Waals surface area contributed by atoms with Gasteiger partial charge >= 0.3 is 0 Å². The van der Waals surface area contributed by atoms with E-state index in [2.05, 4.69) is 13.2 Å². The van der Waals surface area contributed by atoms with Gasteiger partial charge in [0.05, 0.1) is 17.4 Å². The lowest BCUT2D eigenvalue weighted by atomic mass is 9.73. The Morgan fingerprint density at radius 2 is 2.14 bits per heavy atom. The standard InChI is InChI=1S/C18H22ClFO/c1-4-21-13(3)16(12(2)15-6-5-7-15)10-14-8-9-17(19)18(20)11-14/h8-9,11,15-16H,2-7,10H2,1H3. The highest BCUT2D eigenvalue weighted by Crippen LogP contribution is 2.39. The summed E-state index contributed by atoms with van der Waals surface area (Å²) in [5, 5.41) is 0.150. The largest absolute Gasteiger partial charge is 0.498 e. The van der Waals surface area contributed by atoms with Gasteiger partial charge in [0.25, 0.3) is 0 Å². The molecule has 1 aromatic rings. The second kappa shape index (κ2) is 7.13. The summed E-state index contributed by atoms with van der Waals surface area (Å²) in [4.78, 5) is 0. The van der Waals surface area contributed by atoms with Crippen molar-refractivity contribution in [1.82, 2.24) is 0 Å². The Bertz CT molecular complexity index is 534. The number of halogens is 2. The third-order valence-corrected chi connectivity index (χ3v) is 4.53. The number of hydrogen-bond acceptors (Lipinski definition) is 1. The van der Waals surface area contributed by atoms with Crippen molar-refractivity contribution in [1.29, 1.82) is 0 Å². The van der Waals surface area contributed by atoms with Crippen LogP contribution in [0.1, 0.15) is 31.7 Å². The number of ether oxygens (including phenoxy) is 1. The molecule has 0 bridgehead atoms. The lowest BCUT2D eigenvalue weighted by molar-refractivity contribution is 0.192. The Kier molecular flexibility index (Phi) is 5.46. The first-order valence-electron chi connectivity index (χ1n) is 7.47. The topological polar surface area (TPSA) is 9.23 Å². The molecule has 0 radical (unpaired) electrons. The number of allylic oxidation sites excluding steroid dienone is 1. The summed E-state index contributed by atoms with van der Waals surface area (Å²) in [7, 11) is 0. The molecule has 0 N–H and O–H groups in total. The maximum absolute atomic E-state index is 13.6. The predicted molar refractivity (Wildman–Crippen MR) is 85.9 cm³/mol. The van der Waals surface area contributed by atoms with Gasteiger partial charge in [-0.25, -0.2) is 4.39 Å². The minimum absolute atomic E-state index is 0.0378. The van der Waals surface area contributed by atoms with Gasteiger partial charge in [0.1, 0.15) is 5.82 Å². The summed E-state index contributed by atoms with van der Waals surface area (Å²) in [5.74, 6) is 0.925. The van der Waals surface area contributed by atoms with Crippen LogP contribution in [0.5, 0.6) is 0 Å². The van der Waals surface area contributed by atoms with Crippen LogP contribution in [0.4, 0.5) is 4.39 Å². The minimum atomic E-state index is -0.385. The van der Waals surface area contributed by atoms with Crippen molar-refractivity contribution in [2.75, 3.05) is 6.61 Å². The van der Waals surface area contributed by atoms with Gasteiger partial charge in [0, 0.05) is 5.92 Å². The molecule has 2 rings (SSSR count). The van der Waals surface area contributed by atoms with Crippen LogP contribution in [-0.4, -0.2) is 6.61 Å². The summed E-state index contributed by atoms with van der Waals surface area (Å²) in [6.45, 7) is 10.8. The highest BCUT2D eigenvalue weighted by Gasteiger charge is 2.28. The molecule has 21 heavy (non-hydrogen) atoms. The van der Waals surface area contributed by atoms with Crippen molar-refractivity contribution in [2.24, 2.45) is 11.8 Å². The minimum Gasteiger partial charge on any atom is -0.498 e. The zero-order valence-electron chi connectivity index (χ0n) is 12.5. The van der Waals surface area contributed by atoms with E-state index in [1.807, 2.05) is 13.0 Å². The third-order valence-electron chi connectivity index (χ3n) is 4.22. The van der Waals surface area contributed by atoms with Crippen molar-refractivity contribution >= 4 is 11.6 Å². The first-order chi connectivity index (χ1) is 10.0. The molecule has 1 aliphatic carbocycles. The van der Waals surface area contributed by atoms with Gasteiger partial charge in [-0.05, 0) is 49.8 Å². The van der Waals surface area contributed by atoms with Crippen LogP contribution in [0.25, 0.3) is 0 Å². The van der Waals surface area contributed by atoms with Crippen molar-refractivity contribution in [3.8, 4) is 0 Å². The summed E-state index contributed by atoms with van der Waals surface area (Å²) in [6.07, 6.45) is 4.28. The lowest BCUT2D eigenvalue weighted by Gasteiger charge is -2.33. The molecule has 1 aliphatic rings. The van der Waals surface area contributed by atoms with Gasteiger partial charge < -0.3 is 4.74 Å². The summed E-state index contributed by atoms with van der Waals surface area (Å²) < 4.78 is 19.2. The molecule has 1 saturated carbocycles. The zero-order chi connectivity index (χ0) is 15.4. The van der Waals surface area contributed by atoms with Gasteiger partial charge in [-0.2, -0.15) is 0 Å². The van der Waals surface area contributed by atoms with Gasteiger partial charge in [0.2, 0.25) is 0 Å². The maximum Gasteiger partial charge on any atom is 0.142 e. The Morgan fingerprint density at radius 3 is 2.67 bits per heavy atom. The van der Waals surface area contributed by atoms with Gasteiger partial charge in [-0.3, -0.25) is 0 Å². The molecule has 0 aliphatic heterocycles. The fourth-order valence-electron chi connectivity index (χ4n) is 2.70. The Hall–Kier alpha value is -1.28. The molecule has 1 nitrogen and oxygen atoms in total. The fraction of sp³-hybridized carbons (Fsp3) is 0.444. The molecule has 1 fully saturated rings. The SMILES string of the molecule is C=C(OCC)C(Cc1ccc(Cl)c(F)c1)C(=C)C1CCC1. The second-order valence-corrected chi connectivity index (χ2v) is 6.01. The quantitative estimate of drug-likeness (QED) is 0.474. The molecule has 114 valence electrons. The van der Waals surface area contributed by atoms with E-state index < -0.39 is 0 Å². The van der Waals surface area contributed by atoms with Crippen molar-refractivity contribution in [3.63, 3.8) is 0 Å². The molecular weight excluding hydrogens is 287 g/mol. The molecule has 0 amide bonds. The van der Waals surface area contributed by atoms with Gasteiger partial charge in [0.15, 0.2) is 0 Å². The Balaban J connectivity index is 2.15. The Labute approximate surface area is 131 Å². The van der Waals surface area contributed by atoms with Gasteiger partial charge in [-0.15, -0.1) is 0 Å². The van der Waals surface area contributed by atoms with Crippen molar-refractivity contribution in [3.05, 3.63) is 59.1 Å². The molecule has 1 atom stereocenters. The lowest BCUT2D eigenvalue weighted by Crippen LogP contribution is -2.22. The van der Waals surface area contributed by atoms with Crippen LogP contribution in [0.2, 0.25) is 5.02 Å². The molecule has 0 spiro atoms. The number of rotatable bonds is 7. The first-order valence-corrected chi connectivity index (χ1v) is 7.85. The van der Waals surface area contributed by atoms with Gasteiger partial charge in [-0.1, -0.05) is 42.8 Å². The molecule has 3 heteroatoms. The van der Waals surface area contributed by atoms with Crippen molar-refractivity contribution in [2.45, 2.75) is 32.6 Å². The van der Waals surface area contributed by atoms with Crippen LogP contribution < -0.4 is 0 Å². The summed E-state index contributed by atoms with van der Waals surface area (Å²) in [6, 6.07) is 4.94. The number of hydrogen-bond donors (Lipinski definition) is 0. The predicted octanol–water partition coefficient (Wildman–Crippen LogP) is 5.54. The van der Waals surface area contributed by atoms with Crippen molar-refractivity contribution < 1.29 is 9.13 Å². The molecule has 0 aromatic heterocycles. The molecule has 0 saturated heterocycles. The molecular formula is C18H22ClFO. The zero-order valence-corrected chi connectivity index (χ0v) is 13.3. The second-order valence-electron chi connectivity index (χ2n) is 5.61. The monoisotopic (exact) mass is 308 g/mol. The molecule has 1 aromatic carbocycles. The first kappa shape index (κ1) is 16.1. The van der Waals surface area contributed by atoms with E-state index in [-0.39, 0.29) is 16.8 Å². The average molecular weight is 309 g/mol. The number of benzene rings is 1. The van der Waals surface area contributed by atoms with E-state index in [0.717, 1.165) is 16.9 Å². The van der Waals surface area contributed by atoms with E-state index in [0.29, 0.717) is 18.9 Å². The van der Waals surface area contributed by atoms with E-state index in [9.17, 15) is 4.39 Å². The van der Waals surface area contributed by atoms with Crippen LogP contribution in [0.15, 0.2) is 42.7 Å². The molecule has 0 heterocycles. The van der Waals surface area contributed by atoms with E-state index in [4.69, 9.17) is 16.3 Å². The van der Waals surface area contributed by atoms with E-state index in [1.54, 1.807) is 6.07 Å². The molecule has 1 unspecified atom stereocenters. The highest BCUT2D eigenvalue weighted by molar-refractivity contribution is 6.30. The fourth-order valence-corrected chi connectivity index (χ4v) is 2.82. The maximum atomic E-state index is 13.6. The summed E-state index contributed by atoms with van der Waals surface area (Å²) in [5.41, 5.74) is 2.05. The van der Waals surface area contributed by atoms with E-state index >= 15 is 0 Å². The summed E-state index contributed by atoms with van der Waals surface area (Å²) >= 11 is 5.74. The Morgan fingerprint density at radius 1 is 1.43 bits per heavy atom. The van der Waals surface area contributed by atoms with Crippen LogP contribution in [0.3, 0.4) is 0 Å². The highest BCUT2D eigenvalue weighted by atomic mass is 35.5. The van der Waals surface area contributed by atoms with Crippen LogP contribution in [-0.2, 0) is 11.2 Å². The smallest absolute Gasteiger partial charge is 0.142 e.